The number of hydrogen-bond donors (Lipinski definition) is 2. The first kappa shape index (κ1) is 16.7. The maximum absolute atomic E-state index is 13.1. The highest BCUT2D eigenvalue weighted by molar-refractivity contribution is 6.28. The molecule has 1 saturated carbocycles. The van der Waals surface area contributed by atoms with E-state index >= 15 is 0 Å². The lowest BCUT2D eigenvalue weighted by atomic mass is 9.98. The van der Waals surface area contributed by atoms with E-state index in [9.17, 15) is 4.79 Å². The Bertz CT molecular complexity index is 828. The van der Waals surface area contributed by atoms with Crippen LogP contribution < -0.4 is 16.2 Å². The van der Waals surface area contributed by atoms with Crippen LogP contribution in [0.5, 0.6) is 0 Å². The first-order chi connectivity index (χ1) is 12.1. The molecular formula is C17H23ClN6O. The van der Waals surface area contributed by atoms with Crippen molar-refractivity contribution in [2.24, 2.45) is 11.8 Å². The van der Waals surface area contributed by atoms with Crippen molar-refractivity contribution in [3.8, 4) is 0 Å². The van der Waals surface area contributed by atoms with Gasteiger partial charge in [0.15, 0.2) is 11.5 Å². The molecule has 2 aliphatic rings. The number of hydrogen-bond acceptors (Lipinski definition) is 6. The largest absolute Gasteiger partial charge is 0.365 e. The van der Waals surface area contributed by atoms with Gasteiger partial charge >= 0.3 is 0 Å². The van der Waals surface area contributed by atoms with Gasteiger partial charge in [-0.05, 0) is 69.1 Å². The number of rotatable bonds is 5. The van der Waals surface area contributed by atoms with Crippen molar-refractivity contribution in [2.45, 2.75) is 38.6 Å². The molecule has 2 N–H and O–H groups in total. The summed E-state index contributed by atoms with van der Waals surface area (Å²) in [5.41, 5.74) is 1.01. The maximum Gasteiger partial charge on any atom is 0.295 e. The van der Waals surface area contributed by atoms with Gasteiger partial charge in [-0.2, -0.15) is 4.98 Å². The van der Waals surface area contributed by atoms with E-state index in [-0.39, 0.29) is 16.9 Å². The zero-order valence-corrected chi connectivity index (χ0v) is 15.1. The lowest BCUT2D eigenvalue weighted by Crippen LogP contribution is -2.34. The molecule has 134 valence electrons. The topological polar surface area (TPSA) is 84.7 Å². The number of halogens is 1. The lowest BCUT2D eigenvalue weighted by Gasteiger charge is -2.23. The minimum Gasteiger partial charge on any atom is -0.365 e. The van der Waals surface area contributed by atoms with Gasteiger partial charge in [-0.1, -0.05) is 0 Å². The number of anilines is 1. The Morgan fingerprint density at radius 2 is 2.08 bits per heavy atom. The molecule has 7 nitrogen and oxygen atoms in total. The van der Waals surface area contributed by atoms with E-state index in [2.05, 4.69) is 32.5 Å². The average molecular weight is 363 g/mol. The first-order valence-corrected chi connectivity index (χ1v) is 9.40. The molecule has 25 heavy (non-hydrogen) atoms. The zero-order valence-electron chi connectivity index (χ0n) is 14.3. The van der Waals surface area contributed by atoms with E-state index in [0.717, 1.165) is 45.3 Å². The molecule has 4 rings (SSSR count). The van der Waals surface area contributed by atoms with Crippen LogP contribution in [0.2, 0.25) is 5.28 Å². The molecule has 1 aliphatic heterocycles. The molecule has 0 amide bonds. The van der Waals surface area contributed by atoms with Crippen molar-refractivity contribution in [1.82, 2.24) is 24.8 Å². The summed E-state index contributed by atoms with van der Waals surface area (Å²) in [5.74, 6) is 1.48. The predicted molar refractivity (Wildman–Crippen MR) is 98.1 cm³/mol. The van der Waals surface area contributed by atoms with Crippen LogP contribution in [0, 0.1) is 11.8 Å². The van der Waals surface area contributed by atoms with E-state index in [0.29, 0.717) is 28.8 Å². The minimum atomic E-state index is -0.115. The molecule has 2 aromatic heterocycles. The van der Waals surface area contributed by atoms with Gasteiger partial charge in [0, 0.05) is 12.6 Å². The van der Waals surface area contributed by atoms with Gasteiger partial charge in [0.25, 0.3) is 5.56 Å². The van der Waals surface area contributed by atoms with Crippen LogP contribution >= 0.6 is 11.6 Å². The summed E-state index contributed by atoms with van der Waals surface area (Å²) in [6.45, 7) is 4.91. The fourth-order valence-electron chi connectivity index (χ4n) is 3.59. The average Bonchev–Trinajstić information content (AvgIpc) is 3.46. The summed E-state index contributed by atoms with van der Waals surface area (Å²) in [5, 5.41) is 6.78. The number of fused-ring (bicyclic) bond motifs is 1. The SMILES string of the molecule is CC(C1CC1)n1c(=O)c(NCC2CCNCC2)nc2cnc(Cl)nc21. The van der Waals surface area contributed by atoms with E-state index in [4.69, 9.17) is 11.6 Å². The maximum atomic E-state index is 13.1. The second-order valence-electron chi connectivity index (χ2n) is 7.14. The van der Waals surface area contributed by atoms with Crippen molar-refractivity contribution in [1.29, 1.82) is 0 Å². The van der Waals surface area contributed by atoms with Crippen LogP contribution in [0.4, 0.5) is 5.82 Å². The normalized spacial score (nSPS) is 19.9. The van der Waals surface area contributed by atoms with Crippen molar-refractivity contribution in [2.75, 3.05) is 25.0 Å². The van der Waals surface area contributed by atoms with Crippen LogP contribution in [0.3, 0.4) is 0 Å². The molecule has 1 saturated heterocycles. The molecular weight excluding hydrogens is 340 g/mol. The Hall–Kier alpha value is -1.73. The minimum absolute atomic E-state index is 0.0865. The fourth-order valence-corrected chi connectivity index (χ4v) is 3.72. The van der Waals surface area contributed by atoms with Crippen molar-refractivity contribution in [3.05, 3.63) is 21.8 Å². The molecule has 1 aliphatic carbocycles. The molecule has 0 aromatic carbocycles. The van der Waals surface area contributed by atoms with Gasteiger partial charge in [0.2, 0.25) is 5.28 Å². The third-order valence-corrected chi connectivity index (χ3v) is 5.51. The lowest BCUT2D eigenvalue weighted by molar-refractivity contribution is 0.389. The van der Waals surface area contributed by atoms with Crippen LogP contribution in [-0.2, 0) is 0 Å². The van der Waals surface area contributed by atoms with Gasteiger partial charge in [0.1, 0.15) is 5.52 Å². The highest BCUT2D eigenvalue weighted by atomic mass is 35.5. The van der Waals surface area contributed by atoms with E-state index in [1.165, 1.54) is 0 Å². The molecule has 2 fully saturated rings. The molecule has 0 radical (unpaired) electrons. The van der Waals surface area contributed by atoms with Gasteiger partial charge in [-0.25, -0.2) is 9.97 Å². The number of nitrogens with zero attached hydrogens (tertiary/aromatic N) is 4. The number of nitrogens with one attached hydrogen (secondary N) is 2. The summed E-state index contributed by atoms with van der Waals surface area (Å²) in [7, 11) is 0. The fraction of sp³-hybridized carbons (Fsp3) is 0.647. The van der Waals surface area contributed by atoms with Gasteiger partial charge in [0.05, 0.1) is 6.20 Å². The smallest absolute Gasteiger partial charge is 0.295 e. The third kappa shape index (κ3) is 3.48. The molecule has 1 atom stereocenters. The second kappa shape index (κ2) is 6.88. The summed E-state index contributed by atoms with van der Waals surface area (Å²) in [6, 6.07) is 0.0865. The number of piperidine rings is 1. The zero-order chi connectivity index (χ0) is 17.4. The molecule has 8 heteroatoms. The number of aromatic nitrogens is 4. The van der Waals surface area contributed by atoms with E-state index < -0.39 is 0 Å². The van der Waals surface area contributed by atoms with E-state index in [1.807, 2.05) is 0 Å². The van der Waals surface area contributed by atoms with Crippen molar-refractivity contribution < 1.29 is 0 Å². The molecule has 0 bridgehead atoms. The van der Waals surface area contributed by atoms with Crippen molar-refractivity contribution >= 4 is 28.6 Å². The Labute approximate surface area is 151 Å². The van der Waals surface area contributed by atoms with Gasteiger partial charge in [-0.3, -0.25) is 9.36 Å². The second-order valence-corrected chi connectivity index (χ2v) is 7.47. The summed E-state index contributed by atoms with van der Waals surface area (Å²) >= 11 is 5.96. The molecule has 1 unspecified atom stereocenters. The highest BCUT2D eigenvalue weighted by Crippen LogP contribution is 2.39. The molecule has 2 aromatic rings. The van der Waals surface area contributed by atoms with E-state index in [1.54, 1.807) is 10.8 Å². The highest BCUT2D eigenvalue weighted by Gasteiger charge is 2.32. The Balaban J connectivity index is 1.70. The Morgan fingerprint density at radius 1 is 1.32 bits per heavy atom. The molecule has 0 spiro atoms. The Kier molecular flexibility index (Phi) is 4.60. The van der Waals surface area contributed by atoms with Crippen LogP contribution in [0.25, 0.3) is 11.2 Å². The standard InChI is InChI=1S/C17H23ClN6O/c1-10(12-2-3-12)24-15-13(9-21-17(18)23-15)22-14(16(24)25)20-8-11-4-6-19-7-5-11/h9-12,19H,2-8H2,1H3,(H,20,22). The van der Waals surface area contributed by atoms with Crippen LogP contribution in [0.1, 0.15) is 38.6 Å². The quantitative estimate of drug-likeness (QED) is 0.793. The summed E-state index contributed by atoms with van der Waals surface area (Å²) in [4.78, 5) is 25.8. The summed E-state index contributed by atoms with van der Waals surface area (Å²) in [6.07, 6.45) is 6.12. The first-order valence-electron chi connectivity index (χ1n) is 9.03. The van der Waals surface area contributed by atoms with Crippen LogP contribution in [-0.4, -0.2) is 39.2 Å². The predicted octanol–water partition coefficient (Wildman–Crippen LogP) is 2.22. The monoisotopic (exact) mass is 362 g/mol. The Morgan fingerprint density at radius 3 is 2.80 bits per heavy atom. The summed E-state index contributed by atoms with van der Waals surface area (Å²) < 4.78 is 1.75. The van der Waals surface area contributed by atoms with Gasteiger partial charge in [-0.15, -0.1) is 0 Å². The van der Waals surface area contributed by atoms with Crippen LogP contribution in [0.15, 0.2) is 11.0 Å². The third-order valence-electron chi connectivity index (χ3n) is 5.33. The molecule has 3 heterocycles. The van der Waals surface area contributed by atoms with Gasteiger partial charge < -0.3 is 10.6 Å². The van der Waals surface area contributed by atoms with Crippen molar-refractivity contribution in [3.63, 3.8) is 0 Å².